The molecule has 0 fully saturated rings. The normalized spacial score (nSPS) is 16.1. The standard InChI is InChI=1S/C9H18F3NO3/c1-7(4-15-2)16-5-8(14)3-13-6-9(10,11)12/h7-8,13-14H,3-6H2,1-2H3. The van der Waals surface area contributed by atoms with Crippen LogP contribution < -0.4 is 5.32 Å². The van der Waals surface area contributed by atoms with Crippen LogP contribution in [0.5, 0.6) is 0 Å². The minimum atomic E-state index is -4.26. The Kier molecular flexibility index (Phi) is 7.65. The Morgan fingerprint density at radius 1 is 1.31 bits per heavy atom. The molecule has 0 aliphatic heterocycles. The van der Waals surface area contributed by atoms with E-state index in [1.54, 1.807) is 6.92 Å². The van der Waals surface area contributed by atoms with E-state index >= 15 is 0 Å². The second kappa shape index (κ2) is 7.83. The largest absolute Gasteiger partial charge is 0.401 e. The van der Waals surface area contributed by atoms with Crippen LogP contribution in [0, 0.1) is 0 Å². The van der Waals surface area contributed by atoms with Crippen LogP contribution in [-0.2, 0) is 9.47 Å². The molecule has 0 aromatic heterocycles. The fourth-order valence-electron chi connectivity index (χ4n) is 0.998. The predicted molar refractivity (Wildman–Crippen MR) is 52.2 cm³/mol. The van der Waals surface area contributed by atoms with Gasteiger partial charge in [-0.25, -0.2) is 0 Å². The van der Waals surface area contributed by atoms with E-state index in [2.05, 4.69) is 5.32 Å². The average molecular weight is 245 g/mol. The number of aliphatic hydroxyl groups excluding tert-OH is 1. The molecule has 7 heteroatoms. The van der Waals surface area contributed by atoms with Crippen LogP contribution in [0.2, 0.25) is 0 Å². The van der Waals surface area contributed by atoms with E-state index in [1.165, 1.54) is 7.11 Å². The van der Waals surface area contributed by atoms with Crippen LogP contribution in [0.1, 0.15) is 6.92 Å². The Labute approximate surface area is 92.7 Å². The molecule has 0 aromatic carbocycles. The Morgan fingerprint density at radius 2 is 1.94 bits per heavy atom. The molecule has 2 unspecified atom stereocenters. The van der Waals surface area contributed by atoms with Crippen LogP contribution in [-0.4, -0.2) is 56.9 Å². The molecule has 0 heterocycles. The van der Waals surface area contributed by atoms with E-state index in [4.69, 9.17) is 9.47 Å². The summed E-state index contributed by atoms with van der Waals surface area (Å²) in [7, 11) is 1.52. The van der Waals surface area contributed by atoms with Gasteiger partial charge >= 0.3 is 6.18 Å². The molecule has 0 saturated carbocycles. The molecule has 0 saturated heterocycles. The Balaban J connectivity index is 3.48. The second-order valence-electron chi connectivity index (χ2n) is 3.50. The molecule has 2 atom stereocenters. The van der Waals surface area contributed by atoms with Gasteiger partial charge in [0.05, 0.1) is 32.0 Å². The molecule has 0 aliphatic carbocycles. The van der Waals surface area contributed by atoms with E-state index in [0.29, 0.717) is 6.61 Å². The van der Waals surface area contributed by atoms with Gasteiger partial charge in [-0.05, 0) is 6.92 Å². The molecular weight excluding hydrogens is 227 g/mol. The lowest BCUT2D eigenvalue weighted by molar-refractivity contribution is -0.126. The molecule has 0 radical (unpaired) electrons. The molecule has 0 spiro atoms. The van der Waals surface area contributed by atoms with Crippen molar-refractivity contribution in [1.82, 2.24) is 5.32 Å². The molecule has 0 amide bonds. The molecule has 2 N–H and O–H groups in total. The van der Waals surface area contributed by atoms with Crippen molar-refractivity contribution in [3.8, 4) is 0 Å². The zero-order chi connectivity index (χ0) is 12.6. The van der Waals surface area contributed by atoms with Gasteiger partial charge < -0.3 is 19.9 Å². The van der Waals surface area contributed by atoms with Gasteiger partial charge in [0.25, 0.3) is 0 Å². The number of ether oxygens (including phenoxy) is 2. The summed E-state index contributed by atoms with van der Waals surface area (Å²) in [5.41, 5.74) is 0. The lowest BCUT2D eigenvalue weighted by Gasteiger charge is -2.16. The van der Waals surface area contributed by atoms with Crippen LogP contribution in [0.25, 0.3) is 0 Å². The molecule has 4 nitrogen and oxygen atoms in total. The fourth-order valence-corrected chi connectivity index (χ4v) is 0.998. The van der Waals surface area contributed by atoms with Crippen molar-refractivity contribution in [2.75, 3.05) is 33.4 Å². The first-order valence-electron chi connectivity index (χ1n) is 4.91. The maximum Gasteiger partial charge on any atom is 0.401 e. The van der Waals surface area contributed by atoms with Gasteiger partial charge in [-0.15, -0.1) is 0 Å². The first-order chi connectivity index (χ1) is 7.35. The van der Waals surface area contributed by atoms with Crippen molar-refractivity contribution < 1.29 is 27.8 Å². The molecule has 0 aliphatic rings. The Morgan fingerprint density at radius 3 is 2.44 bits per heavy atom. The monoisotopic (exact) mass is 245 g/mol. The van der Waals surface area contributed by atoms with Gasteiger partial charge in [-0.3, -0.25) is 0 Å². The molecule has 16 heavy (non-hydrogen) atoms. The number of halogens is 3. The van der Waals surface area contributed by atoms with Crippen molar-refractivity contribution in [2.24, 2.45) is 0 Å². The highest BCUT2D eigenvalue weighted by atomic mass is 19.4. The zero-order valence-corrected chi connectivity index (χ0v) is 9.38. The Hall–Kier alpha value is -0.370. The number of methoxy groups -OCH3 is 1. The summed E-state index contributed by atoms with van der Waals surface area (Å²) < 4.78 is 45.1. The summed E-state index contributed by atoms with van der Waals surface area (Å²) in [6.07, 6.45) is -5.41. The van der Waals surface area contributed by atoms with Crippen molar-refractivity contribution >= 4 is 0 Å². The molecule has 0 bridgehead atoms. The minimum Gasteiger partial charge on any atom is -0.389 e. The maximum atomic E-state index is 11.7. The van der Waals surface area contributed by atoms with Gasteiger partial charge in [0.2, 0.25) is 0 Å². The van der Waals surface area contributed by atoms with Crippen LogP contribution in [0.15, 0.2) is 0 Å². The molecule has 0 aromatic rings. The first-order valence-corrected chi connectivity index (χ1v) is 4.91. The number of alkyl halides is 3. The van der Waals surface area contributed by atoms with Gasteiger partial charge in [0, 0.05) is 13.7 Å². The Bertz CT molecular complexity index is 178. The van der Waals surface area contributed by atoms with Crippen molar-refractivity contribution in [3.63, 3.8) is 0 Å². The lowest BCUT2D eigenvalue weighted by Crippen LogP contribution is -2.37. The summed E-state index contributed by atoms with van der Waals surface area (Å²) in [6, 6.07) is 0. The van der Waals surface area contributed by atoms with E-state index < -0.39 is 18.8 Å². The number of hydrogen-bond acceptors (Lipinski definition) is 4. The summed E-state index contributed by atoms with van der Waals surface area (Å²) in [5.74, 6) is 0. The summed E-state index contributed by atoms with van der Waals surface area (Å²) in [6.45, 7) is 0.842. The first kappa shape index (κ1) is 15.6. The molecular formula is C9H18F3NO3. The maximum absolute atomic E-state index is 11.7. The van der Waals surface area contributed by atoms with Gasteiger partial charge in [-0.1, -0.05) is 0 Å². The van der Waals surface area contributed by atoms with E-state index in [1.807, 2.05) is 0 Å². The third-order valence-electron chi connectivity index (χ3n) is 1.68. The van der Waals surface area contributed by atoms with E-state index in [0.717, 1.165) is 0 Å². The number of rotatable bonds is 8. The topological polar surface area (TPSA) is 50.7 Å². The zero-order valence-electron chi connectivity index (χ0n) is 9.38. The number of nitrogens with one attached hydrogen (secondary N) is 1. The van der Waals surface area contributed by atoms with Gasteiger partial charge in [0.1, 0.15) is 0 Å². The van der Waals surface area contributed by atoms with Crippen LogP contribution >= 0.6 is 0 Å². The summed E-state index contributed by atoms with van der Waals surface area (Å²) >= 11 is 0. The van der Waals surface area contributed by atoms with Crippen LogP contribution in [0.4, 0.5) is 13.2 Å². The smallest absolute Gasteiger partial charge is 0.389 e. The molecule has 98 valence electrons. The lowest BCUT2D eigenvalue weighted by atomic mass is 10.3. The molecule has 0 rings (SSSR count). The van der Waals surface area contributed by atoms with E-state index in [9.17, 15) is 18.3 Å². The van der Waals surface area contributed by atoms with Crippen LogP contribution in [0.3, 0.4) is 0 Å². The SMILES string of the molecule is COCC(C)OCC(O)CNCC(F)(F)F. The highest BCUT2D eigenvalue weighted by molar-refractivity contribution is 4.62. The van der Waals surface area contributed by atoms with E-state index in [-0.39, 0.29) is 19.3 Å². The van der Waals surface area contributed by atoms with Gasteiger partial charge in [0.15, 0.2) is 0 Å². The van der Waals surface area contributed by atoms with Gasteiger partial charge in [-0.2, -0.15) is 13.2 Å². The third-order valence-corrected chi connectivity index (χ3v) is 1.68. The van der Waals surface area contributed by atoms with Crippen molar-refractivity contribution in [1.29, 1.82) is 0 Å². The highest BCUT2D eigenvalue weighted by Gasteiger charge is 2.26. The quantitative estimate of drug-likeness (QED) is 0.655. The number of aliphatic hydroxyl groups is 1. The predicted octanol–water partition coefficient (Wildman–Crippen LogP) is 0.551. The average Bonchev–Trinajstić information content (AvgIpc) is 2.13. The third kappa shape index (κ3) is 10.2. The number of hydrogen-bond donors (Lipinski definition) is 2. The van der Waals surface area contributed by atoms with Crippen molar-refractivity contribution in [2.45, 2.75) is 25.3 Å². The summed E-state index contributed by atoms with van der Waals surface area (Å²) in [5, 5.41) is 11.4. The summed E-state index contributed by atoms with van der Waals surface area (Å²) in [4.78, 5) is 0. The fraction of sp³-hybridized carbons (Fsp3) is 1.00. The second-order valence-corrected chi connectivity index (χ2v) is 3.50. The highest BCUT2D eigenvalue weighted by Crippen LogP contribution is 2.11. The minimum absolute atomic E-state index is 0.0185. The van der Waals surface area contributed by atoms with Crippen molar-refractivity contribution in [3.05, 3.63) is 0 Å².